The van der Waals surface area contributed by atoms with Crippen molar-refractivity contribution in [1.29, 1.82) is 0 Å². The second-order valence-electron chi connectivity index (χ2n) is 9.26. The highest BCUT2D eigenvalue weighted by molar-refractivity contribution is 5.78. The summed E-state index contributed by atoms with van der Waals surface area (Å²) in [6.45, 7) is 15.7. The molecule has 0 aromatic heterocycles. The van der Waals surface area contributed by atoms with E-state index in [2.05, 4.69) is 48.5 Å². The first-order chi connectivity index (χ1) is 10.1. The van der Waals surface area contributed by atoms with Crippen molar-refractivity contribution in [2.45, 2.75) is 86.7 Å². The van der Waals surface area contributed by atoms with Gasteiger partial charge in [-0.25, -0.2) is 0 Å². The highest BCUT2D eigenvalue weighted by Gasteiger charge is 2.55. The summed E-state index contributed by atoms with van der Waals surface area (Å²) in [5, 5.41) is 0. The molecule has 2 aliphatic carbocycles. The van der Waals surface area contributed by atoms with E-state index >= 15 is 0 Å². The molecular weight excluding hydrogens is 272 g/mol. The van der Waals surface area contributed by atoms with Crippen molar-refractivity contribution in [3.05, 3.63) is 0 Å². The molecule has 0 amide bonds. The molecule has 0 bridgehead atoms. The molecule has 0 unspecified atom stereocenters. The number of ether oxygens (including phenoxy) is 1. The van der Waals surface area contributed by atoms with Gasteiger partial charge in [0.2, 0.25) is 0 Å². The summed E-state index contributed by atoms with van der Waals surface area (Å²) in [5.74, 6) is 2.44. The molecule has 2 aliphatic rings. The molecule has 0 radical (unpaired) electrons. The quantitative estimate of drug-likeness (QED) is 0.648. The van der Waals surface area contributed by atoms with Crippen LogP contribution < -0.4 is 0 Å². The summed E-state index contributed by atoms with van der Waals surface area (Å²) in [6.07, 6.45) is 5.74. The van der Waals surface area contributed by atoms with Gasteiger partial charge in [0.1, 0.15) is 6.10 Å². The first-order valence-electron chi connectivity index (χ1n) is 9.30. The zero-order valence-corrected chi connectivity index (χ0v) is 15.7. The minimum Gasteiger partial charge on any atom is -0.462 e. The molecule has 0 heterocycles. The molecule has 2 saturated carbocycles. The average Bonchev–Trinajstić information content (AvgIpc) is 2.63. The minimum absolute atomic E-state index is 0.0255. The first-order valence-corrected chi connectivity index (χ1v) is 9.30. The van der Waals surface area contributed by atoms with Gasteiger partial charge < -0.3 is 4.74 Å². The standard InChI is InChI=1S/C20H36O2/c1-13(2)16-9-8-14(3)12-17(16)22-18(21)20(7)11-10-15(4)19(20,5)6/h13-17H,8-12H2,1-7H3/t14-,15+,16-,17-,20-/m1/s1. The molecule has 5 atom stereocenters. The van der Waals surface area contributed by atoms with E-state index in [-0.39, 0.29) is 22.9 Å². The smallest absolute Gasteiger partial charge is 0.312 e. The van der Waals surface area contributed by atoms with Crippen LogP contribution in [0.15, 0.2) is 0 Å². The first kappa shape index (κ1) is 17.8. The second kappa shape index (κ2) is 6.17. The van der Waals surface area contributed by atoms with Crippen molar-refractivity contribution >= 4 is 5.97 Å². The Labute approximate surface area is 137 Å². The monoisotopic (exact) mass is 308 g/mol. The normalized spacial score (nSPS) is 41.6. The molecule has 0 spiro atoms. The molecule has 2 fully saturated rings. The average molecular weight is 309 g/mol. The lowest BCUT2D eigenvalue weighted by atomic mass is 9.66. The fourth-order valence-electron chi connectivity index (χ4n) is 4.61. The fraction of sp³-hybridized carbons (Fsp3) is 0.950. The molecule has 128 valence electrons. The predicted octanol–water partition coefficient (Wildman–Crippen LogP) is 5.45. The molecule has 0 aliphatic heterocycles. The van der Waals surface area contributed by atoms with Gasteiger partial charge in [0.15, 0.2) is 0 Å². The fourth-order valence-corrected chi connectivity index (χ4v) is 4.61. The van der Waals surface area contributed by atoms with E-state index in [1.165, 1.54) is 12.8 Å². The van der Waals surface area contributed by atoms with Crippen LogP contribution >= 0.6 is 0 Å². The van der Waals surface area contributed by atoms with Crippen LogP contribution in [0, 0.1) is 34.5 Å². The van der Waals surface area contributed by atoms with Crippen molar-refractivity contribution in [1.82, 2.24) is 0 Å². The number of carbonyl (C=O) groups is 1. The van der Waals surface area contributed by atoms with E-state index < -0.39 is 0 Å². The van der Waals surface area contributed by atoms with Gasteiger partial charge in [0, 0.05) is 0 Å². The van der Waals surface area contributed by atoms with Crippen LogP contribution in [0.1, 0.15) is 80.6 Å². The van der Waals surface area contributed by atoms with Gasteiger partial charge in [-0.2, -0.15) is 0 Å². The van der Waals surface area contributed by atoms with Crippen LogP contribution in [0.5, 0.6) is 0 Å². The Morgan fingerprint density at radius 3 is 2.23 bits per heavy atom. The second-order valence-corrected chi connectivity index (χ2v) is 9.26. The van der Waals surface area contributed by atoms with Gasteiger partial charge in [0.05, 0.1) is 5.41 Å². The molecule has 0 aromatic rings. The number of rotatable bonds is 3. The summed E-state index contributed by atoms with van der Waals surface area (Å²) in [4.78, 5) is 13.0. The van der Waals surface area contributed by atoms with Crippen LogP contribution in [0.2, 0.25) is 0 Å². The zero-order chi connectivity index (χ0) is 16.7. The Morgan fingerprint density at radius 2 is 1.73 bits per heavy atom. The Balaban J connectivity index is 2.13. The number of esters is 1. The maximum absolute atomic E-state index is 13.0. The van der Waals surface area contributed by atoms with Gasteiger partial charge >= 0.3 is 5.97 Å². The topological polar surface area (TPSA) is 26.3 Å². The van der Waals surface area contributed by atoms with Crippen LogP contribution in [-0.4, -0.2) is 12.1 Å². The largest absolute Gasteiger partial charge is 0.462 e. The predicted molar refractivity (Wildman–Crippen MR) is 91.5 cm³/mol. The van der Waals surface area contributed by atoms with E-state index in [1.807, 2.05) is 0 Å². The maximum atomic E-state index is 13.0. The molecule has 0 aromatic carbocycles. The van der Waals surface area contributed by atoms with Crippen LogP contribution in [0.3, 0.4) is 0 Å². The lowest BCUT2D eigenvalue weighted by Gasteiger charge is -2.42. The van der Waals surface area contributed by atoms with Gasteiger partial charge in [0.25, 0.3) is 0 Å². The Bertz CT molecular complexity index is 412. The van der Waals surface area contributed by atoms with E-state index in [0.29, 0.717) is 23.7 Å². The Hall–Kier alpha value is -0.530. The number of hydrogen-bond acceptors (Lipinski definition) is 2. The van der Waals surface area contributed by atoms with Crippen molar-refractivity contribution < 1.29 is 9.53 Å². The molecule has 0 N–H and O–H groups in total. The molecular formula is C20H36O2. The van der Waals surface area contributed by atoms with Crippen molar-refractivity contribution in [2.75, 3.05) is 0 Å². The van der Waals surface area contributed by atoms with Gasteiger partial charge in [-0.15, -0.1) is 0 Å². The SMILES string of the molecule is CC(C)[C@H]1CC[C@@H](C)C[C@H]1OC(=O)[C@@]1(C)CC[C@H](C)C1(C)C. The lowest BCUT2D eigenvalue weighted by molar-refractivity contribution is -0.174. The number of carbonyl (C=O) groups excluding carboxylic acids is 1. The third kappa shape index (κ3) is 2.95. The third-order valence-electron chi connectivity index (χ3n) is 7.40. The van der Waals surface area contributed by atoms with Gasteiger partial charge in [-0.3, -0.25) is 4.79 Å². The third-order valence-corrected chi connectivity index (χ3v) is 7.40. The van der Waals surface area contributed by atoms with Crippen LogP contribution in [-0.2, 0) is 9.53 Å². The van der Waals surface area contributed by atoms with Crippen molar-refractivity contribution in [2.24, 2.45) is 34.5 Å². The summed E-state index contributed by atoms with van der Waals surface area (Å²) in [6, 6.07) is 0. The summed E-state index contributed by atoms with van der Waals surface area (Å²) < 4.78 is 6.17. The minimum atomic E-state index is -0.325. The van der Waals surface area contributed by atoms with E-state index in [4.69, 9.17) is 4.74 Å². The van der Waals surface area contributed by atoms with Crippen LogP contribution in [0.25, 0.3) is 0 Å². The summed E-state index contributed by atoms with van der Waals surface area (Å²) in [7, 11) is 0. The van der Waals surface area contributed by atoms with Gasteiger partial charge in [-0.05, 0) is 61.7 Å². The Morgan fingerprint density at radius 1 is 1.09 bits per heavy atom. The van der Waals surface area contributed by atoms with E-state index in [0.717, 1.165) is 19.3 Å². The molecule has 22 heavy (non-hydrogen) atoms. The van der Waals surface area contributed by atoms with Gasteiger partial charge in [-0.1, -0.05) is 48.0 Å². The lowest BCUT2D eigenvalue weighted by Crippen LogP contribution is -2.45. The molecule has 0 saturated heterocycles. The van der Waals surface area contributed by atoms with E-state index in [9.17, 15) is 4.79 Å². The molecule has 2 rings (SSSR count). The molecule has 2 nitrogen and oxygen atoms in total. The molecule has 2 heteroatoms. The summed E-state index contributed by atoms with van der Waals surface area (Å²) in [5.41, 5.74) is -0.299. The summed E-state index contributed by atoms with van der Waals surface area (Å²) >= 11 is 0. The van der Waals surface area contributed by atoms with E-state index in [1.54, 1.807) is 0 Å². The number of hydrogen-bond donors (Lipinski definition) is 0. The van der Waals surface area contributed by atoms with Crippen molar-refractivity contribution in [3.8, 4) is 0 Å². The van der Waals surface area contributed by atoms with Crippen molar-refractivity contribution in [3.63, 3.8) is 0 Å². The Kier molecular flexibility index (Phi) is 5.00. The zero-order valence-electron chi connectivity index (χ0n) is 15.7. The van der Waals surface area contributed by atoms with Crippen LogP contribution in [0.4, 0.5) is 0 Å². The highest BCUT2D eigenvalue weighted by Crippen LogP contribution is 2.56. The highest BCUT2D eigenvalue weighted by atomic mass is 16.5. The maximum Gasteiger partial charge on any atom is 0.312 e.